The van der Waals surface area contributed by atoms with Crippen LogP contribution in [0.4, 0.5) is 4.39 Å². The summed E-state index contributed by atoms with van der Waals surface area (Å²) in [4.78, 5) is 26.9. The van der Waals surface area contributed by atoms with Crippen molar-refractivity contribution in [1.29, 1.82) is 0 Å². The molecule has 26 heavy (non-hydrogen) atoms. The highest BCUT2D eigenvalue weighted by atomic mass is 19.1. The number of hydrogen-bond donors (Lipinski definition) is 2. The predicted octanol–water partition coefficient (Wildman–Crippen LogP) is 2.47. The summed E-state index contributed by atoms with van der Waals surface area (Å²) >= 11 is 0. The van der Waals surface area contributed by atoms with Gasteiger partial charge in [-0.25, -0.2) is 4.39 Å². The highest BCUT2D eigenvalue weighted by molar-refractivity contribution is 5.78. The number of nitrogens with two attached hydrogens (primary N) is 1. The molecule has 0 aliphatic carbocycles. The highest BCUT2D eigenvalue weighted by Gasteiger charge is 2.08. The molecule has 0 radical (unpaired) electrons. The van der Waals surface area contributed by atoms with E-state index in [-0.39, 0.29) is 29.2 Å². The van der Waals surface area contributed by atoms with Gasteiger partial charge in [0.2, 0.25) is 0 Å². The number of rotatable bonds is 5. The van der Waals surface area contributed by atoms with Crippen molar-refractivity contribution in [3.05, 3.63) is 76.4 Å². The number of nitrogens with one attached hydrogen (secondary N) is 1. The number of nitrogens with zero attached hydrogens (tertiary/aromatic N) is 3. The van der Waals surface area contributed by atoms with E-state index < -0.39 is 0 Å². The third kappa shape index (κ3) is 3.92. The first kappa shape index (κ1) is 17.3. The Morgan fingerprint density at radius 3 is 3.04 bits per heavy atom. The third-order valence-electron chi connectivity index (χ3n) is 3.62. The van der Waals surface area contributed by atoms with Gasteiger partial charge in [0, 0.05) is 12.4 Å². The lowest BCUT2D eigenvalue weighted by Crippen LogP contribution is -2.12. The maximum absolute atomic E-state index is 13.3. The first-order chi connectivity index (χ1) is 12.6. The van der Waals surface area contributed by atoms with Crippen molar-refractivity contribution < 1.29 is 9.13 Å². The zero-order chi connectivity index (χ0) is 18.5. The Morgan fingerprint density at radius 2 is 2.27 bits per heavy atom. The smallest absolute Gasteiger partial charge is 0.302 e. The van der Waals surface area contributed by atoms with Gasteiger partial charge in [-0.3, -0.25) is 19.8 Å². The van der Waals surface area contributed by atoms with Crippen LogP contribution in [0.5, 0.6) is 6.01 Å². The van der Waals surface area contributed by atoms with E-state index in [4.69, 9.17) is 10.5 Å². The van der Waals surface area contributed by atoms with Crippen LogP contribution in [0.1, 0.15) is 18.5 Å². The topological polar surface area (TPSA) is 106 Å². The molecule has 8 heteroatoms. The number of benzene rings is 1. The molecule has 0 saturated heterocycles. The minimum Gasteiger partial charge on any atom is -0.422 e. The Kier molecular flexibility index (Phi) is 5.02. The molecule has 2 aromatic heterocycles. The molecule has 0 aliphatic rings. The fourth-order valence-corrected chi connectivity index (χ4v) is 2.27. The van der Waals surface area contributed by atoms with Crippen molar-refractivity contribution in [2.45, 2.75) is 13.0 Å². The van der Waals surface area contributed by atoms with Crippen LogP contribution < -0.4 is 16.0 Å². The molecule has 3 aromatic rings. The van der Waals surface area contributed by atoms with E-state index in [9.17, 15) is 9.18 Å². The number of H-pyrrole nitrogens is 1. The lowest BCUT2D eigenvalue weighted by Gasteiger charge is -2.08. The number of aliphatic imine (C=N–C) groups is 1. The Morgan fingerprint density at radius 1 is 1.42 bits per heavy atom. The van der Waals surface area contributed by atoms with Crippen LogP contribution in [0.15, 0.2) is 64.5 Å². The van der Waals surface area contributed by atoms with Crippen LogP contribution in [0.2, 0.25) is 0 Å². The van der Waals surface area contributed by atoms with E-state index in [1.807, 2.05) is 0 Å². The largest absolute Gasteiger partial charge is 0.422 e. The summed E-state index contributed by atoms with van der Waals surface area (Å²) < 4.78 is 18.8. The van der Waals surface area contributed by atoms with Gasteiger partial charge in [0.05, 0.1) is 29.4 Å². The lowest BCUT2D eigenvalue weighted by molar-refractivity contribution is 0.417. The summed E-state index contributed by atoms with van der Waals surface area (Å²) in [5.74, 6) is -0.151. The summed E-state index contributed by atoms with van der Waals surface area (Å²) in [7, 11) is 0. The molecule has 7 nitrogen and oxygen atoms in total. The molecule has 0 spiro atoms. The van der Waals surface area contributed by atoms with Crippen LogP contribution in [0.3, 0.4) is 0 Å². The second kappa shape index (κ2) is 7.56. The van der Waals surface area contributed by atoms with Gasteiger partial charge in [0.25, 0.3) is 5.56 Å². The van der Waals surface area contributed by atoms with Gasteiger partial charge in [0.15, 0.2) is 5.76 Å². The van der Waals surface area contributed by atoms with Gasteiger partial charge in [-0.1, -0.05) is 12.1 Å². The lowest BCUT2D eigenvalue weighted by atomic mass is 10.1. The molecule has 0 fully saturated rings. The highest BCUT2D eigenvalue weighted by Crippen LogP contribution is 2.17. The molecule has 0 aliphatic heterocycles. The molecule has 2 heterocycles. The van der Waals surface area contributed by atoms with Crippen LogP contribution in [0, 0.1) is 5.82 Å². The Hall–Kier alpha value is -3.55. The fraction of sp³-hybridized carbons (Fsp3) is 0.111. The second-order valence-electron chi connectivity index (χ2n) is 5.44. The van der Waals surface area contributed by atoms with Crippen LogP contribution >= 0.6 is 0 Å². The predicted molar refractivity (Wildman–Crippen MR) is 96.4 cm³/mol. The maximum atomic E-state index is 13.3. The zero-order valence-electron chi connectivity index (χ0n) is 13.9. The van der Waals surface area contributed by atoms with Crippen molar-refractivity contribution in [3.63, 3.8) is 0 Å². The van der Waals surface area contributed by atoms with Gasteiger partial charge < -0.3 is 10.5 Å². The molecule has 0 amide bonds. The Labute approximate surface area is 148 Å². The van der Waals surface area contributed by atoms with E-state index in [0.717, 1.165) is 0 Å². The summed E-state index contributed by atoms with van der Waals surface area (Å²) in [5, 5.41) is 0.402. The number of halogens is 1. The van der Waals surface area contributed by atoms with Crippen molar-refractivity contribution in [1.82, 2.24) is 15.0 Å². The van der Waals surface area contributed by atoms with Crippen molar-refractivity contribution in [3.8, 4) is 6.01 Å². The number of aromatic nitrogens is 3. The quantitative estimate of drug-likeness (QED) is 0.541. The monoisotopic (exact) mass is 353 g/mol. The molecule has 1 atom stereocenters. The van der Waals surface area contributed by atoms with Gasteiger partial charge in [0.1, 0.15) is 5.82 Å². The zero-order valence-corrected chi connectivity index (χ0v) is 13.9. The number of fused-ring (bicyclic) bond motifs is 1. The fourth-order valence-electron chi connectivity index (χ4n) is 2.27. The van der Waals surface area contributed by atoms with Gasteiger partial charge in [-0.15, -0.1) is 0 Å². The van der Waals surface area contributed by atoms with Crippen molar-refractivity contribution in [2.24, 2.45) is 10.7 Å². The van der Waals surface area contributed by atoms with E-state index in [2.05, 4.69) is 19.9 Å². The Balaban J connectivity index is 1.79. The van der Waals surface area contributed by atoms with Gasteiger partial charge in [-0.05, 0) is 30.7 Å². The summed E-state index contributed by atoms with van der Waals surface area (Å²) in [6, 6.07) is 7.38. The molecular formula is C18H16FN5O2. The summed E-state index contributed by atoms with van der Waals surface area (Å²) in [6.07, 6.45) is 5.55. The van der Waals surface area contributed by atoms with Crippen LogP contribution in [-0.2, 0) is 0 Å². The number of pyridine rings is 1. The van der Waals surface area contributed by atoms with Crippen molar-refractivity contribution in [2.75, 3.05) is 0 Å². The molecule has 1 unspecified atom stereocenters. The molecule has 1 aromatic carbocycles. The average Bonchev–Trinajstić information content (AvgIpc) is 2.65. The third-order valence-corrected chi connectivity index (χ3v) is 3.62. The number of hydrogen-bond acceptors (Lipinski definition) is 6. The second-order valence-corrected chi connectivity index (χ2v) is 5.44. The van der Waals surface area contributed by atoms with Gasteiger partial charge in [-0.2, -0.15) is 4.98 Å². The molecule has 0 bridgehead atoms. The summed E-state index contributed by atoms with van der Waals surface area (Å²) in [5.41, 5.74) is 6.30. The average molecular weight is 353 g/mol. The Bertz CT molecular complexity index is 1040. The molecule has 3 N–H and O–H groups in total. The minimum absolute atomic E-state index is 0.0305. The molecule has 0 saturated carbocycles. The molecule has 3 rings (SSSR count). The first-order valence-corrected chi connectivity index (χ1v) is 7.79. The van der Waals surface area contributed by atoms with E-state index in [1.54, 1.807) is 25.1 Å². The normalized spacial score (nSPS) is 13.2. The number of aromatic amines is 1. The number of ether oxygens (including phenoxy) is 1. The van der Waals surface area contributed by atoms with E-state index in [1.165, 1.54) is 36.9 Å². The molecular weight excluding hydrogens is 337 g/mol. The van der Waals surface area contributed by atoms with Gasteiger partial charge >= 0.3 is 6.01 Å². The van der Waals surface area contributed by atoms with Crippen LogP contribution in [0.25, 0.3) is 10.9 Å². The molecule has 132 valence electrons. The van der Waals surface area contributed by atoms with E-state index in [0.29, 0.717) is 16.5 Å². The SMILES string of the molecule is CC(N=CC(=CN)Oc1nc2cnccc2c(=O)[nH]1)c1cccc(F)c1. The minimum atomic E-state index is -0.353. The van der Waals surface area contributed by atoms with Crippen molar-refractivity contribution >= 4 is 17.1 Å². The van der Waals surface area contributed by atoms with E-state index >= 15 is 0 Å². The van der Waals surface area contributed by atoms with Crippen LogP contribution in [-0.4, -0.2) is 21.2 Å². The first-order valence-electron chi connectivity index (χ1n) is 7.79. The standard InChI is InChI=1S/C18H16FN5O2/c1-11(12-3-2-4-13(19)7-12)22-9-14(8-20)26-18-23-16-10-21-6-5-15(16)17(25)24-18/h2-11H,20H2,1H3,(H,23,24,25). The number of allylic oxidation sites excluding steroid dienone is 1. The summed E-state index contributed by atoms with van der Waals surface area (Å²) in [6.45, 7) is 1.81. The maximum Gasteiger partial charge on any atom is 0.302 e.